The van der Waals surface area contributed by atoms with Crippen LogP contribution in [-0.2, 0) is 9.59 Å². The van der Waals surface area contributed by atoms with Crippen LogP contribution in [0.5, 0.6) is 0 Å². The Balaban J connectivity index is 2.07. The first kappa shape index (κ1) is 11.4. The van der Waals surface area contributed by atoms with Crippen molar-refractivity contribution in [2.75, 3.05) is 13.1 Å². The van der Waals surface area contributed by atoms with Crippen LogP contribution in [-0.4, -0.2) is 42.1 Å². The number of guanidine groups is 1. The number of rotatable bonds is 5. The predicted octanol–water partition coefficient (Wildman–Crippen LogP) is -1.75. The molecule has 1 aliphatic heterocycles. The first-order chi connectivity index (χ1) is 7.09. The zero-order valence-corrected chi connectivity index (χ0v) is 8.19. The molecule has 7 nitrogen and oxygen atoms in total. The van der Waals surface area contributed by atoms with E-state index in [0.717, 1.165) is 0 Å². The SMILES string of the molecule is N[C@@H](CCCNC1=N[13CH2][13C](=O)N1)C(=O)O. The summed E-state index contributed by atoms with van der Waals surface area (Å²) in [4.78, 5) is 25.0. The lowest BCUT2D eigenvalue weighted by atomic mass is 10.2. The van der Waals surface area contributed by atoms with Crippen molar-refractivity contribution in [2.24, 2.45) is 10.7 Å². The Kier molecular flexibility index (Phi) is 4.04. The summed E-state index contributed by atoms with van der Waals surface area (Å²) >= 11 is 0. The van der Waals surface area contributed by atoms with Crippen LogP contribution in [0.3, 0.4) is 0 Å². The molecule has 0 aliphatic carbocycles. The minimum absolute atomic E-state index is 0.139. The lowest BCUT2D eigenvalue weighted by Crippen LogP contribution is -2.37. The molecule has 1 amide bonds. The number of aliphatic carboxylic acids is 1. The van der Waals surface area contributed by atoms with Crippen LogP contribution >= 0.6 is 0 Å². The number of nitrogens with two attached hydrogens (primary N) is 1. The van der Waals surface area contributed by atoms with Crippen LogP contribution in [0.2, 0.25) is 0 Å². The van der Waals surface area contributed by atoms with Crippen molar-refractivity contribution in [1.82, 2.24) is 10.6 Å². The lowest BCUT2D eigenvalue weighted by Gasteiger charge is -2.07. The zero-order valence-electron chi connectivity index (χ0n) is 8.19. The van der Waals surface area contributed by atoms with Crippen molar-refractivity contribution in [3.63, 3.8) is 0 Å². The number of hydrogen-bond donors (Lipinski definition) is 4. The molecule has 0 unspecified atom stereocenters. The van der Waals surface area contributed by atoms with Gasteiger partial charge in [0.05, 0.1) is 0 Å². The monoisotopic (exact) mass is 216 g/mol. The van der Waals surface area contributed by atoms with Gasteiger partial charge in [-0.2, -0.15) is 0 Å². The maximum atomic E-state index is 10.7. The van der Waals surface area contributed by atoms with Gasteiger partial charge in [0.25, 0.3) is 0 Å². The number of nitrogens with zero attached hydrogens (tertiary/aromatic N) is 1. The molecule has 1 heterocycles. The minimum Gasteiger partial charge on any atom is -0.480 e. The molecule has 7 heteroatoms. The maximum Gasteiger partial charge on any atom is 0.320 e. The highest BCUT2D eigenvalue weighted by atomic mass is 16.4. The third kappa shape index (κ3) is 3.94. The smallest absolute Gasteiger partial charge is 0.320 e. The van der Waals surface area contributed by atoms with E-state index in [9.17, 15) is 9.59 Å². The Morgan fingerprint density at radius 2 is 2.47 bits per heavy atom. The van der Waals surface area contributed by atoms with E-state index >= 15 is 0 Å². The van der Waals surface area contributed by atoms with Crippen molar-refractivity contribution in [2.45, 2.75) is 18.9 Å². The highest BCUT2D eigenvalue weighted by Crippen LogP contribution is 1.93. The summed E-state index contributed by atoms with van der Waals surface area (Å²) in [5, 5.41) is 13.9. The standard InChI is InChI=1S/C8H14N4O3/c9-5(7(14)15)2-1-3-10-8-11-4-6(13)12-8/h5H,1-4,9H2,(H,14,15)(H2,10,11,12,13)/t5-/m0/s1/i4+1,6+1. The largest absolute Gasteiger partial charge is 0.480 e. The van der Waals surface area contributed by atoms with E-state index in [1.807, 2.05) is 0 Å². The fraction of sp³-hybridized carbons (Fsp3) is 0.625. The van der Waals surface area contributed by atoms with Crippen molar-refractivity contribution in [3.05, 3.63) is 0 Å². The summed E-state index contributed by atoms with van der Waals surface area (Å²) in [6, 6.07) is -0.827. The number of hydrogen-bond acceptors (Lipinski definition) is 5. The Hall–Kier alpha value is -1.63. The second-order valence-corrected chi connectivity index (χ2v) is 3.23. The normalized spacial score (nSPS) is 16.9. The van der Waals surface area contributed by atoms with Crippen molar-refractivity contribution < 1.29 is 14.7 Å². The number of amides is 1. The molecule has 5 N–H and O–H groups in total. The third-order valence-electron chi connectivity index (χ3n) is 1.94. The van der Waals surface area contributed by atoms with E-state index in [4.69, 9.17) is 10.8 Å². The van der Waals surface area contributed by atoms with E-state index in [1.165, 1.54) is 0 Å². The molecule has 0 saturated carbocycles. The summed E-state index contributed by atoms with van der Waals surface area (Å²) in [7, 11) is 0. The summed E-state index contributed by atoms with van der Waals surface area (Å²) in [5.74, 6) is -0.690. The molecule has 0 fully saturated rings. The van der Waals surface area contributed by atoms with Crippen LogP contribution in [0.4, 0.5) is 0 Å². The topological polar surface area (TPSA) is 117 Å². The number of carboxylic acid groups (broad SMARTS) is 1. The van der Waals surface area contributed by atoms with Gasteiger partial charge >= 0.3 is 5.97 Å². The minimum atomic E-state index is -0.999. The number of aliphatic imine (C=N–C) groups is 1. The number of carbonyl (C=O) groups excluding carboxylic acids is 1. The quantitative estimate of drug-likeness (QED) is 0.321. The molecule has 1 aliphatic rings. The van der Waals surface area contributed by atoms with E-state index in [2.05, 4.69) is 15.6 Å². The summed E-state index contributed by atoms with van der Waals surface area (Å²) < 4.78 is 0. The second kappa shape index (κ2) is 5.30. The van der Waals surface area contributed by atoms with E-state index in [-0.39, 0.29) is 12.5 Å². The van der Waals surface area contributed by atoms with Gasteiger partial charge in [-0.1, -0.05) is 0 Å². The molecule has 84 valence electrons. The molecule has 0 saturated heterocycles. The molecule has 0 spiro atoms. The fourth-order valence-electron chi connectivity index (χ4n) is 1.11. The first-order valence-corrected chi connectivity index (χ1v) is 4.66. The molecule has 0 aromatic rings. The van der Waals surface area contributed by atoms with Crippen LogP contribution in [0.25, 0.3) is 0 Å². The fourth-order valence-corrected chi connectivity index (χ4v) is 1.11. The Morgan fingerprint density at radius 3 is 3.00 bits per heavy atom. The molecule has 0 bridgehead atoms. The van der Waals surface area contributed by atoms with E-state index in [0.29, 0.717) is 25.3 Å². The Bertz CT molecular complexity index is 290. The van der Waals surface area contributed by atoms with E-state index < -0.39 is 12.0 Å². The van der Waals surface area contributed by atoms with Crippen LogP contribution in [0.15, 0.2) is 4.99 Å². The highest BCUT2D eigenvalue weighted by molar-refractivity contribution is 6.02. The maximum absolute atomic E-state index is 10.7. The second-order valence-electron chi connectivity index (χ2n) is 3.23. The highest BCUT2D eigenvalue weighted by Gasteiger charge is 2.13. The van der Waals surface area contributed by atoms with Gasteiger partial charge in [0.15, 0.2) is 5.96 Å². The van der Waals surface area contributed by atoms with Gasteiger partial charge in [-0.15, -0.1) is 0 Å². The lowest BCUT2D eigenvalue weighted by molar-refractivity contribution is -0.138. The summed E-state index contributed by atoms with van der Waals surface area (Å²) in [6.45, 7) is 0.692. The van der Waals surface area contributed by atoms with E-state index in [1.54, 1.807) is 0 Å². The molecule has 1 atom stereocenters. The van der Waals surface area contributed by atoms with Crippen LogP contribution in [0, 0.1) is 0 Å². The van der Waals surface area contributed by atoms with Crippen molar-refractivity contribution >= 4 is 17.8 Å². The number of carbonyl (C=O) groups is 2. The average molecular weight is 216 g/mol. The summed E-state index contributed by atoms with van der Waals surface area (Å²) in [5.41, 5.74) is 5.31. The summed E-state index contributed by atoms with van der Waals surface area (Å²) in [6.07, 6.45) is 1.01. The first-order valence-electron chi connectivity index (χ1n) is 4.66. The predicted molar refractivity (Wildman–Crippen MR) is 53.3 cm³/mol. The van der Waals surface area contributed by atoms with Gasteiger partial charge in [-0.3, -0.25) is 14.9 Å². The molecular formula is C8H14N4O3. The van der Waals surface area contributed by atoms with Gasteiger partial charge in [-0.25, -0.2) is 4.99 Å². The van der Waals surface area contributed by atoms with Gasteiger partial charge in [0.2, 0.25) is 5.91 Å². The van der Waals surface area contributed by atoms with Crippen LogP contribution in [0.1, 0.15) is 12.8 Å². The molecule has 0 radical (unpaired) electrons. The van der Waals surface area contributed by atoms with Gasteiger partial charge in [-0.05, 0) is 12.8 Å². The van der Waals surface area contributed by atoms with Crippen LogP contribution < -0.4 is 16.4 Å². The van der Waals surface area contributed by atoms with Crippen molar-refractivity contribution in [3.8, 4) is 0 Å². The zero-order chi connectivity index (χ0) is 11.3. The number of carboxylic acids is 1. The third-order valence-corrected chi connectivity index (χ3v) is 1.94. The van der Waals surface area contributed by atoms with Gasteiger partial charge < -0.3 is 16.2 Å². The molecular weight excluding hydrogens is 202 g/mol. The number of nitrogens with one attached hydrogen (secondary N) is 2. The van der Waals surface area contributed by atoms with Gasteiger partial charge in [0.1, 0.15) is 12.6 Å². The molecule has 15 heavy (non-hydrogen) atoms. The average Bonchev–Trinajstić information content (AvgIpc) is 2.58. The molecule has 0 aromatic carbocycles. The van der Waals surface area contributed by atoms with Gasteiger partial charge in [0, 0.05) is 6.54 Å². The van der Waals surface area contributed by atoms with Crippen molar-refractivity contribution in [1.29, 1.82) is 0 Å². The Labute approximate surface area is 86.7 Å². The molecule has 0 aromatic heterocycles. The molecule has 1 rings (SSSR count). The Morgan fingerprint density at radius 1 is 1.73 bits per heavy atom.